The Labute approximate surface area is 562 Å². The Balaban J connectivity index is 1.86. The Kier molecular flexibility index (Phi) is 29.8. The molecule has 2 aliphatic rings. The van der Waals surface area contributed by atoms with Crippen LogP contribution in [0.15, 0.2) is 48.5 Å². The molecule has 4 N–H and O–H groups in total. The zero-order valence-electron chi connectivity index (χ0n) is 56.7. The van der Waals surface area contributed by atoms with Gasteiger partial charge in [-0.05, 0) is 128 Å². The minimum Gasteiger partial charge on any atom is -0.343 e. The molecule has 0 bridgehead atoms. The number of nitrogens with zero attached hydrogens (tertiary/aromatic N) is 8. The number of amides is 12. The molecule has 12 amide bonds. The number of rotatable bonds is 12. The maximum atomic E-state index is 15.1. The van der Waals surface area contributed by atoms with Gasteiger partial charge in [-0.25, -0.2) is 0 Å². The third-order valence-corrected chi connectivity index (χ3v) is 18.5. The SMILES string of the molecule is CC[C@@H]1NC(=O)[C@H](Cc2cccc(I)c2)NC(=O)CN(C)C(=O)[C@H](Cc2ccc(Cl)cc2)N(C)C(=O)CN(C)C(=O)CN(C)C(=O)[C@H]([C@@H](C)CC)NC(=O)[C@H](CC(C)C)N(C)C(=O)CC(C(=O)N2CCCCC2)N(C)C(=O)[C@H](CC(C)C)NC(=O)C(C)(C)N(C)C1=O. The van der Waals surface area contributed by atoms with Crippen LogP contribution in [-0.4, -0.2) is 240 Å². The van der Waals surface area contributed by atoms with Crippen LogP contribution in [0.2, 0.25) is 5.02 Å². The van der Waals surface area contributed by atoms with Crippen LogP contribution in [0.4, 0.5) is 0 Å². The number of likely N-dealkylation sites (tertiary alicyclic amines) is 1. The zero-order chi connectivity index (χ0) is 69.2. The Morgan fingerprint density at radius 2 is 1.17 bits per heavy atom. The highest BCUT2D eigenvalue weighted by molar-refractivity contribution is 14.1. The number of hydrogen-bond acceptors (Lipinski definition) is 12. The maximum Gasteiger partial charge on any atom is 0.246 e. The molecule has 0 aliphatic carbocycles. The van der Waals surface area contributed by atoms with Crippen molar-refractivity contribution >= 4 is 105 Å². The first-order chi connectivity index (χ1) is 43.0. The van der Waals surface area contributed by atoms with E-state index in [1.807, 2.05) is 46.8 Å². The maximum absolute atomic E-state index is 15.1. The van der Waals surface area contributed by atoms with Crippen molar-refractivity contribution < 1.29 is 57.5 Å². The molecule has 510 valence electrons. The van der Waals surface area contributed by atoms with Gasteiger partial charge in [-0.3, -0.25) is 57.5 Å². The molecular formula is C66H100ClIN12O12. The molecule has 2 saturated heterocycles. The second-order valence-corrected chi connectivity index (χ2v) is 27.8. The smallest absolute Gasteiger partial charge is 0.246 e. The molecule has 2 aromatic carbocycles. The minimum absolute atomic E-state index is 0.0384. The van der Waals surface area contributed by atoms with E-state index in [-0.39, 0.29) is 43.9 Å². The van der Waals surface area contributed by atoms with E-state index in [0.717, 1.165) is 29.6 Å². The van der Waals surface area contributed by atoms with E-state index in [1.54, 1.807) is 55.1 Å². The van der Waals surface area contributed by atoms with Gasteiger partial charge in [0.15, 0.2) is 0 Å². The number of likely N-dealkylation sites (N-methyl/N-ethyl adjacent to an activating group) is 7. The predicted molar refractivity (Wildman–Crippen MR) is 359 cm³/mol. The van der Waals surface area contributed by atoms with E-state index in [2.05, 4.69) is 43.9 Å². The summed E-state index contributed by atoms with van der Waals surface area (Å²) in [7, 11) is 9.73. The van der Waals surface area contributed by atoms with Crippen molar-refractivity contribution in [2.24, 2.45) is 17.8 Å². The van der Waals surface area contributed by atoms with Gasteiger partial charge in [-0.2, -0.15) is 0 Å². The van der Waals surface area contributed by atoms with E-state index in [0.29, 0.717) is 48.5 Å². The van der Waals surface area contributed by atoms with Crippen molar-refractivity contribution in [1.82, 2.24) is 60.5 Å². The monoisotopic (exact) mass is 1410 g/mol. The number of hydrogen-bond donors (Lipinski definition) is 4. The van der Waals surface area contributed by atoms with Gasteiger partial charge in [0.05, 0.1) is 26.1 Å². The van der Waals surface area contributed by atoms with Crippen molar-refractivity contribution in [2.75, 3.05) is 82.1 Å². The van der Waals surface area contributed by atoms with Crippen LogP contribution in [-0.2, 0) is 70.4 Å². The molecule has 92 heavy (non-hydrogen) atoms. The summed E-state index contributed by atoms with van der Waals surface area (Å²) in [5.41, 5.74) is -0.423. The van der Waals surface area contributed by atoms with Crippen LogP contribution in [0.5, 0.6) is 0 Å². The first-order valence-electron chi connectivity index (χ1n) is 31.8. The number of carbonyl (C=O) groups excluding carboxylic acids is 12. The van der Waals surface area contributed by atoms with Gasteiger partial charge < -0.3 is 60.5 Å². The molecule has 0 aromatic heterocycles. The highest BCUT2D eigenvalue weighted by atomic mass is 127. The average Bonchev–Trinajstić information content (AvgIpc) is 0.834. The van der Waals surface area contributed by atoms with Gasteiger partial charge in [0.25, 0.3) is 0 Å². The molecule has 1 unspecified atom stereocenters. The molecule has 4 rings (SSSR count). The standard InChI is InChI=1S/C66H100ClIN12O12/c1-17-42(7)57-64(91)75(12)38-55(83)73(10)39-56(84)77(14)51(35-43-25-27-45(67)28-26-43)62(89)74(11)37-53(81)69-48(34-44-23-22-24-46(68)33-44)58(85)70-47(18-2)61(88)79(16)66(8,9)65(92)71-49(31-40(3)4)60(87)78(15)52(63(90)80-29-20-19-21-30-80)36-54(82)76(13)50(32-41(5)6)59(86)72-57/h22-28,33,40-42,47-52,57H,17-21,29-32,34-39H2,1-16H3,(H,69,81)(H,70,85)(H,71,92)(H,72,86)/t42-,47-,48-,49-,50-,51-,52?,57-/m0/s1. The van der Waals surface area contributed by atoms with Crippen LogP contribution in [0.1, 0.15) is 125 Å². The summed E-state index contributed by atoms with van der Waals surface area (Å²) in [5, 5.41) is 11.7. The first kappa shape index (κ1) is 77.5. The Morgan fingerprint density at radius 3 is 1.75 bits per heavy atom. The summed E-state index contributed by atoms with van der Waals surface area (Å²) in [4.78, 5) is 185. The number of benzene rings is 2. The minimum atomic E-state index is -1.69. The molecule has 26 heteroatoms. The lowest BCUT2D eigenvalue weighted by atomic mass is 9.95. The van der Waals surface area contributed by atoms with Crippen LogP contribution in [0, 0.1) is 21.3 Å². The molecule has 24 nitrogen and oxygen atoms in total. The predicted octanol–water partition coefficient (Wildman–Crippen LogP) is 3.73. The molecule has 2 aromatic rings. The Hall–Kier alpha value is -6.90. The fourth-order valence-corrected chi connectivity index (χ4v) is 11.8. The second-order valence-electron chi connectivity index (χ2n) is 26.1. The van der Waals surface area contributed by atoms with Gasteiger partial charge in [-0.1, -0.05) is 90.8 Å². The summed E-state index contributed by atoms with van der Waals surface area (Å²) in [6.07, 6.45) is 2.28. The third-order valence-electron chi connectivity index (χ3n) is 17.6. The summed E-state index contributed by atoms with van der Waals surface area (Å²) in [6, 6.07) is 4.99. The Morgan fingerprint density at radius 1 is 0.587 bits per heavy atom. The third kappa shape index (κ3) is 21.6. The van der Waals surface area contributed by atoms with E-state index >= 15 is 4.79 Å². The number of carbonyl (C=O) groups is 12. The fourth-order valence-electron chi connectivity index (χ4n) is 11.1. The molecule has 0 radical (unpaired) electrons. The van der Waals surface area contributed by atoms with Crippen LogP contribution in [0.25, 0.3) is 0 Å². The topological polar surface area (TPSA) is 279 Å². The average molecular weight is 1420 g/mol. The lowest BCUT2D eigenvalue weighted by Crippen LogP contribution is -2.63. The first-order valence-corrected chi connectivity index (χ1v) is 33.3. The van der Waals surface area contributed by atoms with Gasteiger partial charge >= 0.3 is 0 Å². The molecule has 2 aliphatic heterocycles. The molecular weight excluding hydrogens is 1320 g/mol. The molecule has 0 saturated carbocycles. The normalized spacial score (nSPS) is 24.2. The van der Waals surface area contributed by atoms with Crippen LogP contribution in [0.3, 0.4) is 0 Å². The number of halogens is 2. The van der Waals surface area contributed by atoms with Gasteiger partial charge in [0, 0.05) is 83.9 Å². The number of nitrogens with one attached hydrogen (secondary N) is 4. The van der Waals surface area contributed by atoms with Crippen molar-refractivity contribution in [2.45, 2.75) is 174 Å². The van der Waals surface area contributed by atoms with Crippen molar-refractivity contribution in [3.05, 3.63) is 68.3 Å². The van der Waals surface area contributed by atoms with E-state index < -0.39 is 151 Å². The molecule has 8 atom stereocenters. The van der Waals surface area contributed by atoms with E-state index in [4.69, 9.17) is 11.6 Å². The van der Waals surface area contributed by atoms with E-state index in [9.17, 15) is 52.7 Å². The lowest BCUT2D eigenvalue weighted by Gasteiger charge is -2.39. The van der Waals surface area contributed by atoms with Gasteiger partial charge in [0.1, 0.15) is 47.8 Å². The molecule has 2 heterocycles. The largest absolute Gasteiger partial charge is 0.343 e. The molecule has 0 spiro atoms. The number of piperidine rings is 1. The van der Waals surface area contributed by atoms with Gasteiger partial charge in [-0.15, -0.1) is 0 Å². The van der Waals surface area contributed by atoms with Gasteiger partial charge in [0.2, 0.25) is 70.9 Å². The summed E-state index contributed by atoms with van der Waals surface area (Å²) >= 11 is 8.34. The quantitative estimate of drug-likeness (QED) is 0.221. The van der Waals surface area contributed by atoms with Crippen molar-refractivity contribution in [3.8, 4) is 0 Å². The zero-order valence-corrected chi connectivity index (χ0v) is 59.6. The highest BCUT2D eigenvalue weighted by Gasteiger charge is 2.44. The van der Waals surface area contributed by atoms with Crippen LogP contribution >= 0.6 is 34.2 Å². The fraction of sp³-hybridized carbons (Fsp3) is 0.636. The second kappa shape index (κ2) is 35.4. The highest BCUT2D eigenvalue weighted by Crippen LogP contribution is 2.24. The van der Waals surface area contributed by atoms with Crippen LogP contribution < -0.4 is 21.3 Å². The summed E-state index contributed by atoms with van der Waals surface area (Å²) in [6.45, 7) is 14.7. The van der Waals surface area contributed by atoms with Crippen molar-refractivity contribution in [1.29, 1.82) is 0 Å². The van der Waals surface area contributed by atoms with E-state index in [1.165, 1.54) is 77.9 Å². The summed E-state index contributed by atoms with van der Waals surface area (Å²) in [5.74, 6) is -8.93. The van der Waals surface area contributed by atoms with Crippen molar-refractivity contribution in [3.63, 3.8) is 0 Å². The molecule has 2 fully saturated rings. The Bertz CT molecular complexity index is 2960. The summed E-state index contributed by atoms with van der Waals surface area (Å²) < 4.78 is 0.841. The lowest BCUT2D eigenvalue weighted by molar-refractivity contribution is -0.152.